The second kappa shape index (κ2) is 8.85. The van der Waals surface area contributed by atoms with Crippen molar-refractivity contribution in [2.75, 3.05) is 19.6 Å². The van der Waals surface area contributed by atoms with Crippen LogP contribution in [0.1, 0.15) is 43.3 Å². The number of hydrogen-bond donors (Lipinski definition) is 2. The van der Waals surface area contributed by atoms with Crippen molar-refractivity contribution in [1.82, 2.24) is 15.5 Å². The Morgan fingerprint density at radius 3 is 2.46 bits per heavy atom. The highest BCUT2D eigenvalue weighted by Gasteiger charge is 2.26. The van der Waals surface area contributed by atoms with Gasteiger partial charge in [0.05, 0.1) is 15.2 Å². The van der Waals surface area contributed by atoms with E-state index in [1.807, 2.05) is 20.8 Å². The van der Waals surface area contributed by atoms with Gasteiger partial charge in [-0.05, 0) is 61.7 Å². The Hall–Kier alpha value is -1.61. The molecule has 144 valence electrons. The molecule has 3 amide bonds. The van der Waals surface area contributed by atoms with Crippen LogP contribution in [-0.4, -0.2) is 54.1 Å². The fourth-order valence-corrected chi connectivity index (χ4v) is 3.84. The van der Waals surface area contributed by atoms with E-state index in [-0.39, 0.29) is 24.4 Å². The molecular formula is C17H24BrN3O4S. The third-order valence-electron chi connectivity index (χ3n) is 3.77. The summed E-state index contributed by atoms with van der Waals surface area (Å²) in [4.78, 5) is 38.3. The number of nitrogens with zero attached hydrogens (tertiary/aromatic N) is 1. The van der Waals surface area contributed by atoms with Crippen LogP contribution in [-0.2, 0) is 9.53 Å². The lowest BCUT2D eigenvalue weighted by molar-refractivity contribution is -0.131. The normalized spacial score (nSPS) is 15.5. The lowest BCUT2D eigenvalue weighted by Gasteiger charge is -2.33. The summed E-state index contributed by atoms with van der Waals surface area (Å²) in [6.07, 6.45) is 0.893. The average Bonchev–Trinajstić information content (AvgIpc) is 2.97. The number of thiophene rings is 1. The number of likely N-dealkylation sites (tertiary alicyclic amines) is 1. The minimum absolute atomic E-state index is 0.00744. The Balaban J connectivity index is 1.71. The number of nitrogens with one attached hydrogen (secondary N) is 2. The van der Waals surface area contributed by atoms with Crippen LogP contribution in [0.25, 0.3) is 0 Å². The van der Waals surface area contributed by atoms with Crippen molar-refractivity contribution in [2.45, 2.75) is 45.3 Å². The molecule has 0 radical (unpaired) electrons. The summed E-state index contributed by atoms with van der Waals surface area (Å²) in [5, 5.41) is 5.49. The molecule has 1 aliphatic heterocycles. The second-order valence-electron chi connectivity index (χ2n) is 7.09. The number of rotatable bonds is 4. The standard InChI is InChI=1S/C17H24BrN3O4S/c1-17(2,3)25-16(24)20-11-6-8-21(9-7-11)14(22)10-19-15(23)12-4-5-13(18)26-12/h4-5,11H,6-10H2,1-3H3,(H,19,23)(H,20,24). The number of hydrogen-bond acceptors (Lipinski definition) is 5. The van der Waals surface area contributed by atoms with E-state index < -0.39 is 11.7 Å². The molecule has 1 aromatic heterocycles. The first-order valence-electron chi connectivity index (χ1n) is 8.45. The Morgan fingerprint density at radius 1 is 1.27 bits per heavy atom. The third-order valence-corrected chi connectivity index (χ3v) is 5.39. The summed E-state index contributed by atoms with van der Waals surface area (Å²) in [7, 11) is 0. The summed E-state index contributed by atoms with van der Waals surface area (Å²) >= 11 is 4.63. The fourth-order valence-electron chi connectivity index (χ4n) is 2.54. The highest BCUT2D eigenvalue weighted by atomic mass is 79.9. The number of carbonyl (C=O) groups excluding carboxylic acids is 3. The van der Waals surface area contributed by atoms with Gasteiger partial charge in [-0.1, -0.05) is 0 Å². The lowest BCUT2D eigenvalue weighted by Crippen LogP contribution is -2.49. The van der Waals surface area contributed by atoms with Gasteiger partial charge >= 0.3 is 6.09 Å². The van der Waals surface area contributed by atoms with Crippen molar-refractivity contribution in [2.24, 2.45) is 0 Å². The maximum absolute atomic E-state index is 12.2. The van der Waals surface area contributed by atoms with Crippen LogP contribution in [0.5, 0.6) is 0 Å². The first kappa shape index (κ1) is 20.7. The Kier molecular flexibility index (Phi) is 7.05. The predicted molar refractivity (Wildman–Crippen MR) is 103 cm³/mol. The lowest BCUT2D eigenvalue weighted by atomic mass is 10.1. The van der Waals surface area contributed by atoms with Gasteiger partial charge in [-0.3, -0.25) is 9.59 Å². The molecule has 1 saturated heterocycles. The summed E-state index contributed by atoms with van der Waals surface area (Å²) < 4.78 is 6.11. The SMILES string of the molecule is CC(C)(C)OC(=O)NC1CCN(C(=O)CNC(=O)c2ccc(Br)s2)CC1. The van der Waals surface area contributed by atoms with Gasteiger partial charge in [0.2, 0.25) is 5.91 Å². The van der Waals surface area contributed by atoms with Crippen LogP contribution < -0.4 is 10.6 Å². The van der Waals surface area contributed by atoms with Crippen molar-refractivity contribution in [3.8, 4) is 0 Å². The molecule has 1 aromatic rings. The molecule has 0 bridgehead atoms. The quantitative estimate of drug-likeness (QED) is 0.745. The summed E-state index contributed by atoms with van der Waals surface area (Å²) in [6.45, 7) is 6.50. The molecule has 26 heavy (non-hydrogen) atoms. The largest absolute Gasteiger partial charge is 0.444 e. The van der Waals surface area contributed by atoms with Gasteiger partial charge < -0.3 is 20.3 Å². The maximum Gasteiger partial charge on any atom is 0.407 e. The minimum atomic E-state index is -0.531. The molecule has 7 nitrogen and oxygen atoms in total. The van der Waals surface area contributed by atoms with E-state index in [0.717, 1.165) is 3.79 Å². The number of piperidine rings is 1. The van der Waals surface area contributed by atoms with Crippen molar-refractivity contribution < 1.29 is 19.1 Å². The highest BCUT2D eigenvalue weighted by Crippen LogP contribution is 2.21. The van der Waals surface area contributed by atoms with Crippen LogP contribution >= 0.6 is 27.3 Å². The van der Waals surface area contributed by atoms with Crippen LogP contribution in [0.15, 0.2) is 15.9 Å². The zero-order chi connectivity index (χ0) is 19.3. The van der Waals surface area contributed by atoms with Crippen LogP contribution in [0.4, 0.5) is 4.79 Å². The van der Waals surface area contributed by atoms with E-state index in [0.29, 0.717) is 30.8 Å². The second-order valence-corrected chi connectivity index (χ2v) is 9.55. The molecule has 2 rings (SSSR count). The van der Waals surface area contributed by atoms with Gasteiger partial charge in [-0.25, -0.2) is 4.79 Å². The van der Waals surface area contributed by atoms with E-state index in [2.05, 4.69) is 26.6 Å². The number of halogens is 1. The summed E-state index contributed by atoms with van der Waals surface area (Å²) in [6, 6.07) is 3.50. The van der Waals surface area contributed by atoms with Gasteiger partial charge in [0, 0.05) is 19.1 Å². The number of alkyl carbamates (subject to hydrolysis) is 1. The molecule has 2 heterocycles. The summed E-state index contributed by atoms with van der Waals surface area (Å²) in [5.41, 5.74) is -0.531. The van der Waals surface area contributed by atoms with Crippen LogP contribution in [0.3, 0.4) is 0 Å². The molecule has 0 atom stereocenters. The highest BCUT2D eigenvalue weighted by molar-refractivity contribution is 9.11. The number of amides is 3. The van der Waals surface area contributed by atoms with E-state index in [1.54, 1.807) is 17.0 Å². The van der Waals surface area contributed by atoms with Crippen molar-refractivity contribution >= 4 is 45.2 Å². The predicted octanol–water partition coefficient (Wildman–Crippen LogP) is 2.76. The van der Waals surface area contributed by atoms with E-state index in [4.69, 9.17) is 4.74 Å². The molecule has 1 fully saturated rings. The van der Waals surface area contributed by atoms with Gasteiger partial charge in [-0.2, -0.15) is 0 Å². The van der Waals surface area contributed by atoms with Gasteiger partial charge in [0.1, 0.15) is 5.60 Å². The van der Waals surface area contributed by atoms with E-state index >= 15 is 0 Å². The Bertz CT molecular complexity index is 663. The van der Waals surface area contributed by atoms with Crippen molar-refractivity contribution in [3.63, 3.8) is 0 Å². The molecule has 0 aliphatic carbocycles. The average molecular weight is 446 g/mol. The third kappa shape index (κ3) is 6.60. The van der Waals surface area contributed by atoms with Gasteiger partial charge in [-0.15, -0.1) is 11.3 Å². The van der Waals surface area contributed by atoms with Crippen LogP contribution in [0, 0.1) is 0 Å². The van der Waals surface area contributed by atoms with Crippen molar-refractivity contribution in [1.29, 1.82) is 0 Å². The summed E-state index contributed by atoms with van der Waals surface area (Å²) in [5.74, 6) is -0.375. The van der Waals surface area contributed by atoms with E-state index in [1.165, 1.54) is 11.3 Å². The zero-order valence-corrected chi connectivity index (χ0v) is 17.5. The smallest absolute Gasteiger partial charge is 0.407 e. The minimum Gasteiger partial charge on any atom is -0.444 e. The molecule has 1 aliphatic rings. The molecule has 0 aromatic carbocycles. The maximum atomic E-state index is 12.2. The number of carbonyl (C=O) groups is 3. The molecular weight excluding hydrogens is 422 g/mol. The van der Waals surface area contributed by atoms with Gasteiger partial charge in [0.15, 0.2) is 0 Å². The molecule has 2 N–H and O–H groups in total. The Morgan fingerprint density at radius 2 is 1.92 bits per heavy atom. The van der Waals surface area contributed by atoms with Crippen LogP contribution in [0.2, 0.25) is 0 Å². The molecule has 0 spiro atoms. The van der Waals surface area contributed by atoms with Gasteiger partial charge in [0.25, 0.3) is 5.91 Å². The first-order valence-corrected chi connectivity index (χ1v) is 10.1. The monoisotopic (exact) mass is 445 g/mol. The molecule has 9 heteroatoms. The number of ether oxygens (including phenoxy) is 1. The zero-order valence-electron chi connectivity index (χ0n) is 15.1. The first-order chi connectivity index (χ1) is 12.1. The molecule has 0 saturated carbocycles. The molecule has 0 unspecified atom stereocenters. The Labute approximate surface area is 165 Å². The topological polar surface area (TPSA) is 87.7 Å². The van der Waals surface area contributed by atoms with Crippen molar-refractivity contribution in [3.05, 3.63) is 20.8 Å². The fraction of sp³-hybridized carbons (Fsp3) is 0.588. The van der Waals surface area contributed by atoms with E-state index in [9.17, 15) is 14.4 Å².